The van der Waals surface area contributed by atoms with Crippen molar-refractivity contribution < 1.29 is 0 Å². The van der Waals surface area contributed by atoms with Gasteiger partial charge in [-0.25, -0.2) is 0 Å². The van der Waals surface area contributed by atoms with E-state index in [-0.39, 0.29) is 0 Å². The van der Waals surface area contributed by atoms with Gasteiger partial charge in [0.25, 0.3) is 0 Å². The second-order valence-corrected chi connectivity index (χ2v) is 1.99. The number of hydrogen-bond acceptors (Lipinski definition) is 6. The summed E-state index contributed by atoms with van der Waals surface area (Å²) < 4.78 is 7.03. The molecule has 0 saturated carbocycles. The third-order valence-electron chi connectivity index (χ3n) is 0.327. The van der Waals surface area contributed by atoms with Crippen molar-refractivity contribution >= 4 is 23.9 Å². The minimum absolute atomic E-state index is 1.36. The van der Waals surface area contributed by atoms with Crippen molar-refractivity contribution in [3.8, 4) is 0 Å². The molecule has 0 aromatic carbocycles. The van der Waals surface area contributed by atoms with Gasteiger partial charge in [0.1, 0.15) is 0 Å². The highest BCUT2D eigenvalue weighted by Gasteiger charge is 1.53. The van der Waals surface area contributed by atoms with Gasteiger partial charge < -0.3 is 0 Å². The SMILES string of the molecule is CN=NSC.CN=NSC. The van der Waals surface area contributed by atoms with Crippen molar-refractivity contribution in [2.75, 3.05) is 26.6 Å². The normalized spacial score (nSPS) is 10.0. The summed E-state index contributed by atoms with van der Waals surface area (Å²) in [7, 11) is 3.30. The molecular formula is C4H12N4S2. The molecule has 0 bridgehead atoms. The zero-order valence-electron chi connectivity index (χ0n) is 6.61. The summed E-state index contributed by atoms with van der Waals surface area (Å²) in [5.74, 6) is 0. The molecule has 0 rings (SSSR count). The third-order valence-corrected chi connectivity index (χ3v) is 0.980. The fourth-order valence-corrected chi connectivity index (χ4v) is 0.490. The first-order valence-electron chi connectivity index (χ1n) is 2.48. The van der Waals surface area contributed by atoms with Crippen molar-refractivity contribution in [2.45, 2.75) is 0 Å². The summed E-state index contributed by atoms with van der Waals surface area (Å²) >= 11 is 2.72. The van der Waals surface area contributed by atoms with Crippen molar-refractivity contribution in [3.05, 3.63) is 0 Å². The van der Waals surface area contributed by atoms with Gasteiger partial charge in [0.05, 0.1) is 0 Å². The lowest BCUT2D eigenvalue weighted by atomic mass is 11.6. The average Bonchev–Trinajstić information content (AvgIpc) is 1.93. The van der Waals surface area contributed by atoms with Gasteiger partial charge in [0.2, 0.25) is 0 Å². The zero-order valence-corrected chi connectivity index (χ0v) is 8.24. The summed E-state index contributed by atoms with van der Waals surface area (Å²) in [4.78, 5) is 0. The van der Waals surface area contributed by atoms with Crippen molar-refractivity contribution in [3.63, 3.8) is 0 Å². The molecular weight excluding hydrogens is 168 g/mol. The molecule has 0 amide bonds. The Kier molecular flexibility index (Phi) is 20.0. The summed E-state index contributed by atoms with van der Waals surface area (Å²) in [6.07, 6.45) is 3.74. The van der Waals surface area contributed by atoms with E-state index in [4.69, 9.17) is 0 Å². The first-order chi connectivity index (χ1) is 4.83. The minimum atomic E-state index is 1.36. The van der Waals surface area contributed by atoms with Crippen LogP contribution in [0.3, 0.4) is 0 Å². The monoisotopic (exact) mass is 180 g/mol. The lowest BCUT2D eigenvalue weighted by Crippen LogP contribution is -1.38. The van der Waals surface area contributed by atoms with Gasteiger partial charge in [-0.05, 0) is 23.9 Å². The molecule has 10 heavy (non-hydrogen) atoms. The maximum absolute atomic E-state index is 3.51. The first kappa shape index (κ1) is 12.6. The molecule has 0 aromatic heterocycles. The fraction of sp³-hybridized carbons (Fsp3) is 1.00. The maximum Gasteiger partial charge on any atom is 0.0498 e. The molecule has 6 heteroatoms. The van der Waals surface area contributed by atoms with E-state index < -0.39 is 0 Å². The third kappa shape index (κ3) is 24.7. The minimum Gasteiger partial charge on any atom is -0.185 e. The molecule has 0 heterocycles. The predicted molar refractivity (Wildman–Crippen MR) is 48.6 cm³/mol. The van der Waals surface area contributed by atoms with Crippen LogP contribution in [0.4, 0.5) is 0 Å². The van der Waals surface area contributed by atoms with Crippen LogP contribution in [0.2, 0.25) is 0 Å². The Morgan fingerprint density at radius 3 is 1.10 bits per heavy atom. The molecule has 0 saturated heterocycles. The molecule has 0 aliphatic heterocycles. The lowest BCUT2D eigenvalue weighted by Gasteiger charge is -1.65. The van der Waals surface area contributed by atoms with Crippen LogP contribution in [0.25, 0.3) is 0 Å². The molecule has 60 valence electrons. The summed E-state index contributed by atoms with van der Waals surface area (Å²) in [6.45, 7) is 0. The Morgan fingerprint density at radius 1 is 0.800 bits per heavy atom. The average molecular weight is 180 g/mol. The van der Waals surface area contributed by atoms with Gasteiger partial charge in [-0.2, -0.15) is 10.2 Å². The summed E-state index contributed by atoms with van der Waals surface area (Å²) in [5.41, 5.74) is 0. The van der Waals surface area contributed by atoms with E-state index >= 15 is 0 Å². The van der Waals surface area contributed by atoms with Gasteiger partial charge in [-0.1, -0.05) is 0 Å². The second-order valence-electron chi connectivity index (χ2n) is 0.928. The van der Waals surface area contributed by atoms with Crippen LogP contribution < -0.4 is 0 Å². The van der Waals surface area contributed by atoms with Gasteiger partial charge >= 0.3 is 0 Å². The molecule has 0 aromatic rings. The number of nitrogens with zero attached hydrogens (tertiary/aromatic N) is 4. The molecule has 0 fully saturated rings. The molecule has 0 radical (unpaired) electrons. The van der Waals surface area contributed by atoms with Crippen molar-refractivity contribution in [1.29, 1.82) is 0 Å². The molecule has 0 atom stereocenters. The summed E-state index contributed by atoms with van der Waals surface area (Å²) in [5, 5.41) is 6.88. The standard InChI is InChI=1S/2C2H6N2S/c2*1-3-4-5-2/h2*1-2H3. The van der Waals surface area contributed by atoms with E-state index in [1.54, 1.807) is 14.1 Å². The highest BCUT2D eigenvalue weighted by Crippen LogP contribution is 1.90. The number of hydrogen-bond donors (Lipinski definition) is 0. The van der Waals surface area contributed by atoms with Crippen molar-refractivity contribution in [2.24, 2.45) is 19.3 Å². The molecule has 0 spiro atoms. The summed E-state index contributed by atoms with van der Waals surface area (Å²) in [6, 6.07) is 0. The Labute approximate surface area is 70.3 Å². The highest BCUT2D eigenvalue weighted by molar-refractivity contribution is 7.97. The van der Waals surface area contributed by atoms with Crippen LogP contribution in [0.5, 0.6) is 0 Å². The van der Waals surface area contributed by atoms with Crippen LogP contribution in [-0.2, 0) is 0 Å². The van der Waals surface area contributed by atoms with Gasteiger partial charge in [-0.3, -0.25) is 0 Å². The van der Waals surface area contributed by atoms with E-state index in [1.165, 1.54) is 23.9 Å². The smallest absolute Gasteiger partial charge is 0.0498 e. The zero-order chi connectivity index (χ0) is 8.24. The molecule has 0 unspecified atom stereocenters. The van der Waals surface area contributed by atoms with E-state index in [0.717, 1.165) is 0 Å². The topological polar surface area (TPSA) is 49.4 Å². The van der Waals surface area contributed by atoms with Crippen LogP contribution in [-0.4, -0.2) is 26.6 Å². The quantitative estimate of drug-likeness (QED) is 0.484. The van der Waals surface area contributed by atoms with Crippen LogP contribution in [0.15, 0.2) is 19.3 Å². The molecule has 0 N–H and O–H groups in total. The van der Waals surface area contributed by atoms with Gasteiger partial charge in [-0.15, -0.1) is 9.04 Å². The van der Waals surface area contributed by atoms with E-state index in [1.807, 2.05) is 12.5 Å². The Balaban J connectivity index is 0. The van der Waals surface area contributed by atoms with Gasteiger partial charge in [0.15, 0.2) is 0 Å². The first-order valence-corrected chi connectivity index (χ1v) is 4.84. The fourth-order valence-electron chi connectivity index (χ4n) is 0.163. The van der Waals surface area contributed by atoms with E-state index in [9.17, 15) is 0 Å². The largest absolute Gasteiger partial charge is 0.185 e. The lowest BCUT2D eigenvalue weighted by molar-refractivity contribution is 1.26. The van der Waals surface area contributed by atoms with E-state index in [0.29, 0.717) is 0 Å². The van der Waals surface area contributed by atoms with Crippen molar-refractivity contribution in [1.82, 2.24) is 0 Å². The van der Waals surface area contributed by atoms with Gasteiger partial charge in [0, 0.05) is 26.6 Å². The second kappa shape index (κ2) is 16.0. The Hall–Kier alpha value is -0.100. The van der Waals surface area contributed by atoms with Crippen LogP contribution >= 0.6 is 23.9 Å². The van der Waals surface area contributed by atoms with E-state index in [2.05, 4.69) is 19.3 Å². The predicted octanol–water partition coefficient (Wildman–Crippen LogP) is 2.69. The molecule has 0 aliphatic rings. The maximum atomic E-state index is 3.51. The Bertz CT molecular complexity index is 81.3. The highest BCUT2D eigenvalue weighted by atomic mass is 32.2. The van der Waals surface area contributed by atoms with Crippen LogP contribution in [0.1, 0.15) is 0 Å². The molecule has 0 aliphatic carbocycles. The Morgan fingerprint density at radius 2 is 1.10 bits per heavy atom. The number of rotatable bonds is 2. The van der Waals surface area contributed by atoms with Crippen LogP contribution in [0, 0.1) is 0 Å². The molecule has 4 nitrogen and oxygen atoms in total.